The SMILES string of the molecule is CCC1(C(=O)NCCCOCc2ccco2)CCNC1. The Kier molecular flexibility index (Phi) is 5.61. The van der Waals surface area contributed by atoms with Gasteiger partial charge in [-0.05, 0) is 37.9 Å². The van der Waals surface area contributed by atoms with Gasteiger partial charge >= 0.3 is 0 Å². The molecule has 0 radical (unpaired) electrons. The molecule has 1 aromatic rings. The lowest BCUT2D eigenvalue weighted by Gasteiger charge is -2.25. The second-order valence-electron chi connectivity index (χ2n) is 5.30. The second-order valence-corrected chi connectivity index (χ2v) is 5.30. The summed E-state index contributed by atoms with van der Waals surface area (Å²) in [6, 6.07) is 3.73. The van der Waals surface area contributed by atoms with Crippen molar-refractivity contribution in [1.29, 1.82) is 0 Å². The number of hydrogen-bond donors (Lipinski definition) is 2. The molecule has 0 spiro atoms. The number of hydrogen-bond acceptors (Lipinski definition) is 4. The summed E-state index contributed by atoms with van der Waals surface area (Å²) in [5, 5.41) is 6.30. The average molecular weight is 280 g/mol. The van der Waals surface area contributed by atoms with Gasteiger partial charge < -0.3 is 19.8 Å². The van der Waals surface area contributed by atoms with Crippen LogP contribution in [-0.2, 0) is 16.1 Å². The highest BCUT2D eigenvalue weighted by Crippen LogP contribution is 2.29. The Hall–Kier alpha value is -1.33. The lowest BCUT2D eigenvalue weighted by molar-refractivity contribution is -0.130. The molecule has 5 nitrogen and oxygen atoms in total. The minimum Gasteiger partial charge on any atom is -0.467 e. The van der Waals surface area contributed by atoms with Gasteiger partial charge in [0.15, 0.2) is 0 Å². The Morgan fingerprint density at radius 3 is 3.15 bits per heavy atom. The van der Waals surface area contributed by atoms with Crippen LogP contribution in [0.4, 0.5) is 0 Å². The predicted molar refractivity (Wildman–Crippen MR) is 76.2 cm³/mol. The first-order valence-electron chi connectivity index (χ1n) is 7.36. The molecule has 1 aliphatic heterocycles. The fraction of sp³-hybridized carbons (Fsp3) is 0.667. The van der Waals surface area contributed by atoms with Gasteiger partial charge in [0, 0.05) is 19.7 Å². The van der Waals surface area contributed by atoms with Crippen LogP contribution in [0.15, 0.2) is 22.8 Å². The third kappa shape index (κ3) is 3.84. The first kappa shape index (κ1) is 15.1. The summed E-state index contributed by atoms with van der Waals surface area (Å²) in [5.41, 5.74) is -0.199. The van der Waals surface area contributed by atoms with Gasteiger partial charge in [0.05, 0.1) is 11.7 Å². The predicted octanol–water partition coefficient (Wildman–Crippen LogP) is 1.69. The Labute approximate surface area is 120 Å². The van der Waals surface area contributed by atoms with Crippen molar-refractivity contribution in [3.05, 3.63) is 24.2 Å². The average Bonchev–Trinajstić information content (AvgIpc) is 3.13. The van der Waals surface area contributed by atoms with Crippen LogP contribution < -0.4 is 10.6 Å². The molecule has 1 amide bonds. The zero-order valence-corrected chi connectivity index (χ0v) is 12.1. The molecule has 0 saturated carbocycles. The van der Waals surface area contributed by atoms with E-state index < -0.39 is 0 Å². The summed E-state index contributed by atoms with van der Waals surface area (Å²) in [7, 11) is 0. The van der Waals surface area contributed by atoms with Gasteiger partial charge in [0.1, 0.15) is 12.4 Å². The zero-order valence-electron chi connectivity index (χ0n) is 12.1. The topological polar surface area (TPSA) is 63.5 Å². The van der Waals surface area contributed by atoms with E-state index >= 15 is 0 Å². The summed E-state index contributed by atoms with van der Waals surface area (Å²) in [5.74, 6) is 1.01. The first-order valence-corrected chi connectivity index (χ1v) is 7.36. The van der Waals surface area contributed by atoms with Crippen LogP contribution >= 0.6 is 0 Å². The van der Waals surface area contributed by atoms with Crippen molar-refractivity contribution >= 4 is 5.91 Å². The maximum atomic E-state index is 12.2. The molecular weight excluding hydrogens is 256 g/mol. The molecular formula is C15H24N2O3. The molecule has 0 aromatic carbocycles. The van der Waals surface area contributed by atoms with Gasteiger partial charge in [0.2, 0.25) is 5.91 Å². The summed E-state index contributed by atoms with van der Waals surface area (Å²) in [4.78, 5) is 12.2. The molecule has 2 rings (SSSR count). The highest BCUT2D eigenvalue weighted by molar-refractivity contribution is 5.83. The Balaban J connectivity index is 1.57. The number of carbonyl (C=O) groups is 1. The smallest absolute Gasteiger partial charge is 0.227 e. The quantitative estimate of drug-likeness (QED) is 0.711. The molecule has 20 heavy (non-hydrogen) atoms. The largest absolute Gasteiger partial charge is 0.467 e. The van der Waals surface area contributed by atoms with Crippen LogP contribution in [0, 0.1) is 5.41 Å². The lowest BCUT2D eigenvalue weighted by Crippen LogP contribution is -2.42. The molecule has 1 atom stereocenters. The molecule has 0 bridgehead atoms. The molecule has 2 heterocycles. The molecule has 0 aliphatic carbocycles. The van der Waals surface area contributed by atoms with Crippen LogP contribution in [0.3, 0.4) is 0 Å². The van der Waals surface area contributed by atoms with Crippen molar-refractivity contribution in [2.45, 2.75) is 32.8 Å². The number of nitrogens with one attached hydrogen (secondary N) is 2. The van der Waals surface area contributed by atoms with E-state index in [1.54, 1.807) is 6.26 Å². The Morgan fingerprint density at radius 2 is 2.50 bits per heavy atom. The van der Waals surface area contributed by atoms with E-state index in [9.17, 15) is 4.79 Å². The number of furan rings is 1. The lowest BCUT2D eigenvalue weighted by atomic mass is 9.83. The third-order valence-corrected chi connectivity index (χ3v) is 3.98. The number of ether oxygens (including phenoxy) is 1. The monoisotopic (exact) mass is 280 g/mol. The van der Waals surface area contributed by atoms with E-state index in [0.29, 0.717) is 19.8 Å². The zero-order chi connectivity index (χ0) is 14.3. The van der Waals surface area contributed by atoms with Crippen molar-refractivity contribution in [2.75, 3.05) is 26.2 Å². The van der Waals surface area contributed by atoms with Gasteiger partial charge in [-0.25, -0.2) is 0 Å². The molecule has 112 valence electrons. The van der Waals surface area contributed by atoms with E-state index in [1.807, 2.05) is 12.1 Å². The molecule has 1 fully saturated rings. The van der Waals surface area contributed by atoms with E-state index in [-0.39, 0.29) is 11.3 Å². The number of amides is 1. The Bertz CT molecular complexity index is 397. The van der Waals surface area contributed by atoms with E-state index in [2.05, 4.69) is 17.6 Å². The highest BCUT2D eigenvalue weighted by atomic mass is 16.5. The van der Waals surface area contributed by atoms with Gasteiger partial charge in [0.25, 0.3) is 0 Å². The van der Waals surface area contributed by atoms with Crippen LogP contribution in [0.2, 0.25) is 0 Å². The van der Waals surface area contributed by atoms with Gasteiger partial charge in [-0.2, -0.15) is 0 Å². The van der Waals surface area contributed by atoms with Crippen molar-refractivity contribution < 1.29 is 13.9 Å². The van der Waals surface area contributed by atoms with Crippen molar-refractivity contribution in [1.82, 2.24) is 10.6 Å². The standard InChI is InChI=1S/C15H24N2O3/c1-2-15(6-8-16-12-15)14(18)17-7-4-9-19-11-13-5-3-10-20-13/h3,5,10,16H,2,4,6-9,11-12H2,1H3,(H,17,18). The van der Waals surface area contributed by atoms with Crippen LogP contribution in [0.25, 0.3) is 0 Å². The van der Waals surface area contributed by atoms with Gasteiger partial charge in [-0.15, -0.1) is 0 Å². The third-order valence-electron chi connectivity index (χ3n) is 3.98. The normalized spacial score (nSPS) is 22.1. The maximum absolute atomic E-state index is 12.2. The Morgan fingerprint density at radius 1 is 1.60 bits per heavy atom. The minimum atomic E-state index is -0.199. The van der Waals surface area contributed by atoms with E-state index in [4.69, 9.17) is 9.15 Å². The van der Waals surface area contributed by atoms with E-state index in [1.165, 1.54) is 0 Å². The van der Waals surface area contributed by atoms with E-state index in [0.717, 1.165) is 38.1 Å². The minimum absolute atomic E-state index is 0.177. The van der Waals surface area contributed by atoms with Crippen molar-refractivity contribution in [3.63, 3.8) is 0 Å². The fourth-order valence-corrected chi connectivity index (χ4v) is 2.53. The molecule has 1 saturated heterocycles. The summed E-state index contributed by atoms with van der Waals surface area (Å²) in [6.07, 6.45) is 4.28. The maximum Gasteiger partial charge on any atom is 0.227 e. The molecule has 1 aliphatic rings. The summed E-state index contributed by atoms with van der Waals surface area (Å²) in [6.45, 7) is 5.59. The van der Waals surface area contributed by atoms with Crippen molar-refractivity contribution in [2.24, 2.45) is 5.41 Å². The molecule has 1 unspecified atom stereocenters. The van der Waals surface area contributed by atoms with Crippen molar-refractivity contribution in [3.8, 4) is 0 Å². The van der Waals surface area contributed by atoms with Crippen LogP contribution in [-0.4, -0.2) is 32.1 Å². The van der Waals surface area contributed by atoms with Crippen LogP contribution in [0.5, 0.6) is 0 Å². The number of carbonyl (C=O) groups excluding carboxylic acids is 1. The van der Waals surface area contributed by atoms with Gasteiger partial charge in [-0.3, -0.25) is 4.79 Å². The number of rotatable bonds is 8. The molecule has 5 heteroatoms. The second kappa shape index (κ2) is 7.45. The highest BCUT2D eigenvalue weighted by Gasteiger charge is 2.38. The molecule has 1 aromatic heterocycles. The first-order chi connectivity index (χ1) is 9.77. The van der Waals surface area contributed by atoms with Crippen LogP contribution in [0.1, 0.15) is 31.9 Å². The summed E-state index contributed by atoms with van der Waals surface area (Å²) >= 11 is 0. The molecule has 2 N–H and O–H groups in total. The summed E-state index contributed by atoms with van der Waals surface area (Å²) < 4.78 is 10.7. The fourth-order valence-electron chi connectivity index (χ4n) is 2.53. The van der Waals surface area contributed by atoms with Gasteiger partial charge in [-0.1, -0.05) is 6.92 Å².